The quantitative estimate of drug-likeness (QED) is 0.176. The van der Waals surface area contributed by atoms with Gasteiger partial charge in [-0.3, -0.25) is 18.6 Å². The van der Waals surface area contributed by atoms with Crippen LogP contribution in [0.2, 0.25) is 0 Å². The van der Waals surface area contributed by atoms with Gasteiger partial charge in [-0.1, -0.05) is 58.3 Å². The standard InChI is InChI=1S/C19H38NO8P/c1-3-4-5-6-7-8-9-10-11-12-19(22)28-18(15-25-17(2)21)16-27-29(23,24)26-14-13-20/h18H,3-16,20H2,1-2H3,(H,23,24). The van der Waals surface area contributed by atoms with Crippen molar-refractivity contribution in [1.29, 1.82) is 0 Å². The lowest BCUT2D eigenvalue weighted by atomic mass is 10.1. The smallest absolute Gasteiger partial charge is 0.462 e. The molecule has 0 spiro atoms. The third-order valence-electron chi connectivity index (χ3n) is 4.05. The van der Waals surface area contributed by atoms with Crippen molar-refractivity contribution in [2.24, 2.45) is 5.73 Å². The Labute approximate surface area is 174 Å². The van der Waals surface area contributed by atoms with Gasteiger partial charge in [0.15, 0.2) is 6.10 Å². The van der Waals surface area contributed by atoms with Crippen LogP contribution in [0.3, 0.4) is 0 Å². The number of phosphoric ester groups is 1. The fraction of sp³-hybridized carbons (Fsp3) is 0.895. The number of ether oxygens (including phenoxy) is 2. The van der Waals surface area contributed by atoms with Crippen molar-refractivity contribution in [3.8, 4) is 0 Å². The van der Waals surface area contributed by atoms with Crippen molar-refractivity contribution in [2.75, 3.05) is 26.4 Å². The van der Waals surface area contributed by atoms with Crippen molar-refractivity contribution in [3.05, 3.63) is 0 Å². The Morgan fingerprint density at radius 1 is 0.966 bits per heavy atom. The van der Waals surface area contributed by atoms with E-state index in [0.29, 0.717) is 6.42 Å². The summed E-state index contributed by atoms with van der Waals surface area (Å²) < 4.78 is 31.1. The minimum Gasteiger partial charge on any atom is -0.462 e. The van der Waals surface area contributed by atoms with Gasteiger partial charge in [-0.05, 0) is 6.42 Å². The Bertz CT molecular complexity index is 489. The molecule has 2 atom stereocenters. The van der Waals surface area contributed by atoms with Crippen LogP contribution in [-0.2, 0) is 32.7 Å². The molecule has 10 heteroatoms. The third kappa shape index (κ3) is 18.8. The van der Waals surface area contributed by atoms with E-state index in [1.54, 1.807) is 0 Å². The second-order valence-electron chi connectivity index (χ2n) is 6.88. The Morgan fingerprint density at radius 2 is 1.55 bits per heavy atom. The molecule has 0 fully saturated rings. The molecule has 29 heavy (non-hydrogen) atoms. The van der Waals surface area contributed by atoms with Crippen LogP contribution in [-0.4, -0.2) is 49.3 Å². The molecule has 9 nitrogen and oxygen atoms in total. The second-order valence-corrected chi connectivity index (χ2v) is 8.33. The van der Waals surface area contributed by atoms with Gasteiger partial charge in [-0.15, -0.1) is 0 Å². The summed E-state index contributed by atoms with van der Waals surface area (Å²) in [4.78, 5) is 32.5. The van der Waals surface area contributed by atoms with Gasteiger partial charge in [0.1, 0.15) is 6.61 Å². The van der Waals surface area contributed by atoms with Crippen LogP contribution in [0, 0.1) is 0 Å². The van der Waals surface area contributed by atoms with Gasteiger partial charge >= 0.3 is 19.8 Å². The first-order chi connectivity index (χ1) is 13.8. The highest BCUT2D eigenvalue weighted by Gasteiger charge is 2.25. The van der Waals surface area contributed by atoms with Gasteiger partial charge in [0, 0.05) is 19.9 Å². The molecule has 0 saturated heterocycles. The molecule has 0 radical (unpaired) electrons. The summed E-state index contributed by atoms with van der Waals surface area (Å²) in [6.45, 7) is 2.60. The van der Waals surface area contributed by atoms with E-state index in [2.05, 4.69) is 11.4 Å². The topological polar surface area (TPSA) is 134 Å². The molecule has 0 amide bonds. The van der Waals surface area contributed by atoms with Crippen LogP contribution in [0.1, 0.15) is 78.1 Å². The lowest BCUT2D eigenvalue weighted by Crippen LogP contribution is -2.29. The predicted octanol–water partition coefficient (Wildman–Crippen LogP) is 3.47. The van der Waals surface area contributed by atoms with Crippen molar-refractivity contribution < 1.29 is 37.6 Å². The highest BCUT2D eigenvalue weighted by atomic mass is 31.2. The second kappa shape index (κ2) is 17.8. The zero-order valence-electron chi connectivity index (χ0n) is 17.8. The van der Waals surface area contributed by atoms with Crippen LogP contribution in [0.25, 0.3) is 0 Å². The molecule has 0 bridgehead atoms. The summed E-state index contributed by atoms with van der Waals surface area (Å²) in [7, 11) is -4.31. The first-order valence-electron chi connectivity index (χ1n) is 10.5. The highest BCUT2D eigenvalue weighted by molar-refractivity contribution is 7.47. The SMILES string of the molecule is CCCCCCCCCCCC(=O)OC(COC(C)=O)COP(=O)(O)OCCN. The molecular weight excluding hydrogens is 401 g/mol. The van der Waals surface area contributed by atoms with Crippen LogP contribution in [0.4, 0.5) is 0 Å². The minimum atomic E-state index is -4.31. The summed E-state index contributed by atoms with van der Waals surface area (Å²) in [5.41, 5.74) is 5.20. The summed E-state index contributed by atoms with van der Waals surface area (Å²) in [5.74, 6) is -1.03. The van der Waals surface area contributed by atoms with Gasteiger partial charge in [0.25, 0.3) is 0 Å². The summed E-state index contributed by atoms with van der Waals surface area (Å²) in [6.07, 6.45) is 9.40. The zero-order chi connectivity index (χ0) is 22.0. The maximum atomic E-state index is 12.0. The van der Waals surface area contributed by atoms with Crippen LogP contribution in [0.15, 0.2) is 0 Å². The van der Waals surface area contributed by atoms with E-state index in [0.717, 1.165) is 19.3 Å². The Balaban J connectivity index is 4.13. The number of carbonyl (C=O) groups is 2. The molecule has 0 aromatic heterocycles. The lowest BCUT2D eigenvalue weighted by molar-refractivity contribution is -0.160. The maximum absolute atomic E-state index is 12.0. The molecular formula is C19H38NO8P. The zero-order valence-corrected chi connectivity index (χ0v) is 18.7. The number of rotatable bonds is 19. The van der Waals surface area contributed by atoms with Crippen molar-refractivity contribution in [1.82, 2.24) is 0 Å². The number of unbranched alkanes of at least 4 members (excludes halogenated alkanes) is 8. The third-order valence-corrected chi connectivity index (χ3v) is 5.04. The Morgan fingerprint density at radius 3 is 2.10 bits per heavy atom. The Hall–Kier alpha value is -0.990. The molecule has 172 valence electrons. The predicted molar refractivity (Wildman–Crippen MR) is 109 cm³/mol. The van der Waals surface area contributed by atoms with E-state index >= 15 is 0 Å². The van der Waals surface area contributed by atoms with E-state index in [1.165, 1.54) is 39.0 Å². The van der Waals surface area contributed by atoms with E-state index in [4.69, 9.17) is 19.7 Å². The number of nitrogens with two attached hydrogens (primary N) is 1. The average Bonchev–Trinajstić information content (AvgIpc) is 2.67. The summed E-state index contributed by atoms with van der Waals surface area (Å²) in [5, 5.41) is 0. The van der Waals surface area contributed by atoms with Gasteiger partial charge in [-0.2, -0.15) is 0 Å². The summed E-state index contributed by atoms with van der Waals surface area (Å²) in [6, 6.07) is 0. The Kier molecular flexibility index (Phi) is 17.2. The monoisotopic (exact) mass is 439 g/mol. The molecule has 2 unspecified atom stereocenters. The van der Waals surface area contributed by atoms with Crippen LogP contribution >= 0.6 is 7.82 Å². The molecule has 0 aromatic carbocycles. The van der Waals surface area contributed by atoms with E-state index in [9.17, 15) is 19.0 Å². The highest BCUT2D eigenvalue weighted by Crippen LogP contribution is 2.43. The fourth-order valence-corrected chi connectivity index (χ4v) is 3.30. The molecule has 0 aliphatic heterocycles. The molecule has 0 aliphatic carbocycles. The number of hydrogen-bond donors (Lipinski definition) is 2. The molecule has 0 aromatic rings. The van der Waals surface area contributed by atoms with Crippen LogP contribution in [0.5, 0.6) is 0 Å². The van der Waals surface area contributed by atoms with Gasteiger partial charge in [0.05, 0.1) is 13.2 Å². The summed E-state index contributed by atoms with van der Waals surface area (Å²) >= 11 is 0. The number of carbonyl (C=O) groups excluding carboxylic acids is 2. The fourth-order valence-electron chi connectivity index (χ4n) is 2.53. The number of hydrogen-bond acceptors (Lipinski definition) is 8. The van der Waals surface area contributed by atoms with Crippen molar-refractivity contribution >= 4 is 19.8 Å². The van der Waals surface area contributed by atoms with E-state index in [-0.39, 0.29) is 26.2 Å². The largest absolute Gasteiger partial charge is 0.472 e. The number of phosphoric acid groups is 1. The van der Waals surface area contributed by atoms with Gasteiger partial charge in [-0.25, -0.2) is 4.57 Å². The minimum absolute atomic E-state index is 0.0541. The molecule has 0 heterocycles. The van der Waals surface area contributed by atoms with E-state index < -0.39 is 32.5 Å². The first-order valence-corrected chi connectivity index (χ1v) is 11.9. The molecule has 0 rings (SSSR count). The van der Waals surface area contributed by atoms with Crippen molar-refractivity contribution in [2.45, 2.75) is 84.2 Å². The van der Waals surface area contributed by atoms with E-state index in [1.807, 2.05) is 0 Å². The van der Waals surface area contributed by atoms with Crippen molar-refractivity contribution in [3.63, 3.8) is 0 Å². The molecule has 0 aliphatic rings. The molecule has 0 saturated carbocycles. The molecule has 3 N–H and O–H groups in total. The van der Waals surface area contributed by atoms with Gasteiger partial charge < -0.3 is 20.1 Å². The maximum Gasteiger partial charge on any atom is 0.472 e. The van der Waals surface area contributed by atoms with Crippen LogP contribution < -0.4 is 5.73 Å². The lowest BCUT2D eigenvalue weighted by Gasteiger charge is -2.19. The average molecular weight is 439 g/mol. The first kappa shape index (κ1) is 28.0. The van der Waals surface area contributed by atoms with Gasteiger partial charge in [0.2, 0.25) is 0 Å². The number of esters is 2. The normalized spacial score (nSPS) is 14.2.